The second-order valence-corrected chi connectivity index (χ2v) is 5.50. The monoisotopic (exact) mass is 255 g/mol. The summed E-state index contributed by atoms with van der Waals surface area (Å²) in [5.74, 6) is 0. The van der Waals surface area contributed by atoms with Gasteiger partial charge in [0.15, 0.2) is 0 Å². The van der Waals surface area contributed by atoms with E-state index in [0.29, 0.717) is 0 Å². The van der Waals surface area contributed by atoms with Crippen molar-refractivity contribution < 1.29 is 0 Å². The van der Waals surface area contributed by atoms with Crippen molar-refractivity contribution >= 4 is 5.71 Å². The molecular formula is C18H25N. The molecule has 1 nitrogen and oxygen atoms in total. The highest BCUT2D eigenvalue weighted by Gasteiger charge is 2.09. The molecule has 0 unspecified atom stereocenters. The number of aliphatic imine (C=N–C) groups is 1. The zero-order valence-electron chi connectivity index (χ0n) is 12.7. The predicted octanol–water partition coefficient (Wildman–Crippen LogP) is 5.11. The molecular weight excluding hydrogens is 230 g/mol. The predicted molar refractivity (Wildman–Crippen MR) is 86.0 cm³/mol. The van der Waals surface area contributed by atoms with Crippen LogP contribution in [0, 0.1) is 6.92 Å². The second-order valence-electron chi connectivity index (χ2n) is 5.50. The molecule has 0 N–H and O–H groups in total. The van der Waals surface area contributed by atoms with Gasteiger partial charge in [-0.2, -0.15) is 0 Å². The Kier molecular flexibility index (Phi) is 5.75. The molecule has 0 aliphatic rings. The van der Waals surface area contributed by atoms with Gasteiger partial charge >= 0.3 is 0 Å². The lowest BCUT2D eigenvalue weighted by atomic mass is 9.97. The highest BCUT2D eigenvalue weighted by molar-refractivity contribution is 6.12. The number of aryl methyl sites for hydroxylation is 1. The minimum absolute atomic E-state index is 0.275. The van der Waals surface area contributed by atoms with Gasteiger partial charge in [-0.1, -0.05) is 35.9 Å². The van der Waals surface area contributed by atoms with E-state index in [2.05, 4.69) is 65.1 Å². The molecule has 0 saturated carbocycles. The molecule has 1 aromatic rings. The van der Waals surface area contributed by atoms with E-state index in [0.717, 1.165) is 24.1 Å². The van der Waals surface area contributed by atoms with E-state index in [1.807, 2.05) is 0 Å². The summed E-state index contributed by atoms with van der Waals surface area (Å²) in [6, 6.07) is 8.74. The summed E-state index contributed by atoms with van der Waals surface area (Å²) in [6.45, 7) is 16.5. The maximum Gasteiger partial charge on any atom is 0.0676 e. The van der Waals surface area contributed by atoms with Gasteiger partial charge in [0.05, 0.1) is 5.71 Å². The Morgan fingerprint density at radius 1 is 1.21 bits per heavy atom. The Balaban J connectivity index is 3.02. The summed E-state index contributed by atoms with van der Waals surface area (Å²) >= 11 is 0. The molecule has 0 bridgehead atoms. The molecule has 102 valence electrons. The van der Waals surface area contributed by atoms with Crippen molar-refractivity contribution in [2.24, 2.45) is 4.99 Å². The van der Waals surface area contributed by atoms with Crippen LogP contribution in [-0.4, -0.2) is 11.8 Å². The van der Waals surface area contributed by atoms with Crippen LogP contribution in [-0.2, 0) is 0 Å². The molecule has 1 heteroatoms. The van der Waals surface area contributed by atoms with Crippen molar-refractivity contribution in [2.45, 2.75) is 46.6 Å². The molecule has 0 fully saturated rings. The summed E-state index contributed by atoms with van der Waals surface area (Å²) in [6.07, 6.45) is 1.90. The third-order valence-corrected chi connectivity index (χ3v) is 2.87. The summed E-state index contributed by atoms with van der Waals surface area (Å²) in [5, 5.41) is 0. The maximum absolute atomic E-state index is 4.75. The smallest absolute Gasteiger partial charge is 0.0676 e. The first-order chi connectivity index (χ1) is 8.90. The van der Waals surface area contributed by atoms with E-state index < -0.39 is 0 Å². The SMILES string of the molecule is C=C(C)CCC(=C)C(=NC(C)C)c1cccc(C)c1. The summed E-state index contributed by atoms with van der Waals surface area (Å²) in [7, 11) is 0. The topological polar surface area (TPSA) is 12.4 Å². The number of hydrogen-bond donors (Lipinski definition) is 0. The van der Waals surface area contributed by atoms with Crippen LogP contribution in [0.5, 0.6) is 0 Å². The Morgan fingerprint density at radius 2 is 1.89 bits per heavy atom. The molecule has 0 aliphatic heterocycles. The molecule has 0 amide bonds. The van der Waals surface area contributed by atoms with E-state index in [9.17, 15) is 0 Å². The number of rotatable bonds is 6. The van der Waals surface area contributed by atoms with E-state index >= 15 is 0 Å². The molecule has 0 spiro atoms. The molecule has 0 atom stereocenters. The van der Waals surface area contributed by atoms with Crippen LogP contribution in [0.15, 0.2) is 53.6 Å². The van der Waals surface area contributed by atoms with Crippen LogP contribution in [0.1, 0.15) is 44.7 Å². The third kappa shape index (κ3) is 5.25. The van der Waals surface area contributed by atoms with Crippen molar-refractivity contribution in [3.63, 3.8) is 0 Å². The van der Waals surface area contributed by atoms with Crippen LogP contribution in [0.3, 0.4) is 0 Å². The highest BCUT2D eigenvalue weighted by atomic mass is 14.8. The summed E-state index contributed by atoms with van der Waals surface area (Å²) < 4.78 is 0. The molecule has 0 aliphatic carbocycles. The van der Waals surface area contributed by atoms with E-state index in [-0.39, 0.29) is 6.04 Å². The fraction of sp³-hybridized carbons (Fsp3) is 0.389. The van der Waals surface area contributed by atoms with E-state index in [1.165, 1.54) is 16.7 Å². The maximum atomic E-state index is 4.75. The number of benzene rings is 1. The van der Waals surface area contributed by atoms with Crippen molar-refractivity contribution in [2.75, 3.05) is 0 Å². The second kappa shape index (κ2) is 7.08. The van der Waals surface area contributed by atoms with Crippen molar-refractivity contribution in [3.8, 4) is 0 Å². The highest BCUT2D eigenvalue weighted by Crippen LogP contribution is 2.17. The number of hydrogen-bond acceptors (Lipinski definition) is 1. The lowest BCUT2D eigenvalue weighted by molar-refractivity contribution is 0.833. The van der Waals surface area contributed by atoms with Crippen molar-refractivity contribution in [3.05, 3.63) is 59.7 Å². The molecule has 0 heterocycles. The Hall–Kier alpha value is -1.63. The first-order valence-electron chi connectivity index (χ1n) is 6.87. The van der Waals surface area contributed by atoms with Gasteiger partial charge in [-0.05, 0) is 52.2 Å². The minimum atomic E-state index is 0.275. The fourth-order valence-corrected chi connectivity index (χ4v) is 1.90. The first-order valence-corrected chi connectivity index (χ1v) is 6.87. The average molecular weight is 255 g/mol. The van der Waals surface area contributed by atoms with Gasteiger partial charge in [-0.15, -0.1) is 6.58 Å². The number of allylic oxidation sites excluding steroid dienone is 2. The zero-order valence-corrected chi connectivity index (χ0v) is 12.7. The van der Waals surface area contributed by atoms with Crippen LogP contribution in [0.2, 0.25) is 0 Å². The Bertz CT molecular complexity index is 492. The standard InChI is InChI=1S/C18H25N/c1-13(2)10-11-16(6)18(19-14(3)4)17-9-7-8-15(5)12-17/h7-9,12,14H,1,6,10-11H2,2-5H3. The quantitative estimate of drug-likeness (QED) is 0.495. The summed E-state index contributed by atoms with van der Waals surface area (Å²) in [4.78, 5) is 4.75. The lowest BCUT2D eigenvalue weighted by Crippen LogP contribution is -2.08. The van der Waals surface area contributed by atoms with Gasteiger partial charge in [0.2, 0.25) is 0 Å². The minimum Gasteiger partial charge on any atom is -0.282 e. The zero-order chi connectivity index (χ0) is 14.4. The largest absolute Gasteiger partial charge is 0.282 e. The molecule has 0 radical (unpaired) electrons. The molecule has 0 aromatic heterocycles. The molecule has 1 aromatic carbocycles. The van der Waals surface area contributed by atoms with Crippen LogP contribution < -0.4 is 0 Å². The van der Waals surface area contributed by atoms with Gasteiger partial charge in [-0.25, -0.2) is 0 Å². The third-order valence-electron chi connectivity index (χ3n) is 2.87. The Morgan fingerprint density at radius 3 is 2.42 bits per heavy atom. The van der Waals surface area contributed by atoms with Gasteiger partial charge in [0.25, 0.3) is 0 Å². The lowest BCUT2D eigenvalue weighted by Gasteiger charge is -2.13. The van der Waals surface area contributed by atoms with E-state index in [4.69, 9.17) is 4.99 Å². The van der Waals surface area contributed by atoms with E-state index in [1.54, 1.807) is 0 Å². The van der Waals surface area contributed by atoms with Gasteiger partial charge in [0, 0.05) is 11.6 Å². The average Bonchev–Trinajstić information content (AvgIpc) is 2.32. The van der Waals surface area contributed by atoms with Crippen LogP contribution >= 0.6 is 0 Å². The fourth-order valence-electron chi connectivity index (χ4n) is 1.90. The number of nitrogens with zero attached hydrogens (tertiary/aromatic N) is 1. The van der Waals surface area contributed by atoms with Gasteiger partial charge in [-0.3, -0.25) is 4.99 Å². The van der Waals surface area contributed by atoms with Crippen molar-refractivity contribution in [1.29, 1.82) is 0 Å². The van der Waals surface area contributed by atoms with Gasteiger partial charge < -0.3 is 0 Å². The molecule has 0 saturated heterocycles. The van der Waals surface area contributed by atoms with Crippen molar-refractivity contribution in [1.82, 2.24) is 0 Å². The van der Waals surface area contributed by atoms with Crippen LogP contribution in [0.4, 0.5) is 0 Å². The molecule has 19 heavy (non-hydrogen) atoms. The van der Waals surface area contributed by atoms with Crippen LogP contribution in [0.25, 0.3) is 0 Å². The normalized spacial score (nSPS) is 11.7. The molecule has 1 rings (SSSR count). The summed E-state index contributed by atoms with van der Waals surface area (Å²) in [5.41, 5.74) is 5.75. The van der Waals surface area contributed by atoms with Gasteiger partial charge in [0.1, 0.15) is 0 Å². The first kappa shape index (κ1) is 15.4. The Labute approximate surface area is 117 Å².